The number of rotatable bonds is 5. The topological polar surface area (TPSA) is 90.5 Å². The van der Waals surface area contributed by atoms with Crippen LogP contribution in [-0.4, -0.2) is 47.9 Å². The monoisotopic (exact) mass is 398 g/mol. The molecule has 1 heterocycles. The van der Waals surface area contributed by atoms with Gasteiger partial charge in [-0.05, 0) is 50.4 Å². The standard InChI is InChI=1S/C17H20Cl2N4O3/c18-10-3-6-13(12(19)8-10)21-16(25)14-2-1-7-23(14)9-15(24)22-17(26)20-11-4-5-11/h3,6,8,11,14H,1-2,4-5,7,9H2,(H,21,25)(H2,20,22,24,26)/t14-/m1/s1. The molecule has 0 unspecified atom stereocenters. The highest BCUT2D eigenvalue weighted by Crippen LogP contribution is 2.27. The van der Waals surface area contributed by atoms with Gasteiger partial charge in [-0.1, -0.05) is 23.2 Å². The number of carbonyl (C=O) groups excluding carboxylic acids is 3. The predicted octanol–water partition coefficient (Wildman–Crippen LogP) is 2.38. The Morgan fingerprint density at radius 3 is 2.62 bits per heavy atom. The first kappa shape index (κ1) is 18.9. The van der Waals surface area contributed by atoms with Crippen LogP contribution < -0.4 is 16.0 Å². The van der Waals surface area contributed by atoms with Gasteiger partial charge in [0.15, 0.2) is 0 Å². The first-order valence-electron chi connectivity index (χ1n) is 8.52. The Morgan fingerprint density at radius 2 is 1.92 bits per heavy atom. The van der Waals surface area contributed by atoms with E-state index in [1.54, 1.807) is 23.1 Å². The number of imide groups is 1. The summed E-state index contributed by atoms with van der Waals surface area (Å²) >= 11 is 11.9. The van der Waals surface area contributed by atoms with Crippen LogP contribution in [0.15, 0.2) is 18.2 Å². The number of nitrogens with one attached hydrogen (secondary N) is 3. The van der Waals surface area contributed by atoms with Crippen molar-refractivity contribution >= 4 is 46.7 Å². The van der Waals surface area contributed by atoms with Crippen molar-refractivity contribution in [3.63, 3.8) is 0 Å². The van der Waals surface area contributed by atoms with Gasteiger partial charge in [0, 0.05) is 11.1 Å². The quantitative estimate of drug-likeness (QED) is 0.709. The van der Waals surface area contributed by atoms with Crippen molar-refractivity contribution < 1.29 is 14.4 Å². The van der Waals surface area contributed by atoms with Gasteiger partial charge in [0.25, 0.3) is 0 Å². The Labute approximate surface area is 161 Å². The first-order valence-corrected chi connectivity index (χ1v) is 9.28. The van der Waals surface area contributed by atoms with E-state index in [4.69, 9.17) is 23.2 Å². The number of benzene rings is 1. The van der Waals surface area contributed by atoms with E-state index in [9.17, 15) is 14.4 Å². The van der Waals surface area contributed by atoms with Crippen LogP contribution in [0.2, 0.25) is 10.0 Å². The van der Waals surface area contributed by atoms with Crippen LogP contribution in [0.1, 0.15) is 25.7 Å². The van der Waals surface area contributed by atoms with Crippen LogP contribution in [0.3, 0.4) is 0 Å². The lowest BCUT2D eigenvalue weighted by molar-refractivity contribution is -0.124. The van der Waals surface area contributed by atoms with Gasteiger partial charge in [-0.3, -0.25) is 19.8 Å². The molecule has 0 bridgehead atoms. The zero-order valence-corrected chi connectivity index (χ0v) is 15.6. The SMILES string of the molecule is O=C(CN1CCC[C@@H]1C(=O)Nc1ccc(Cl)cc1Cl)NC(=O)NC1CC1. The number of hydrogen-bond acceptors (Lipinski definition) is 4. The lowest BCUT2D eigenvalue weighted by Gasteiger charge is -2.23. The molecule has 1 atom stereocenters. The fraction of sp³-hybridized carbons (Fsp3) is 0.471. The van der Waals surface area contributed by atoms with Crippen molar-refractivity contribution in [2.24, 2.45) is 0 Å². The second kappa shape index (κ2) is 8.24. The minimum atomic E-state index is -0.481. The van der Waals surface area contributed by atoms with Crippen molar-refractivity contribution in [1.82, 2.24) is 15.5 Å². The number of urea groups is 1. The molecule has 2 fully saturated rings. The van der Waals surface area contributed by atoms with E-state index in [0.29, 0.717) is 28.7 Å². The number of amides is 4. The molecule has 1 aromatic rings. The van der Waals surface area contributed by atoms with Gasteiger partial charge < -0.3 is 10.6 Å². The van der Waals surface area contributed by atoms with Gasteiger partial charge in [0.05, 0.1) is 23.3 Å². The minimum Gasteiger partial charge on any atom is -0.335 e. The Morgan fingerprint density at radius 1 is 1.15 bits per heavy atom. The summed E-state index contributed by atoms with van der Waals surface area (Å²) < 4.78 is 0. The van der Waals surface area contributed by atoms with E-state index in [1.807, 2.05) is 0 Å². The molecule has 1 aliphatic carbocycles. The number of anilines is 1. The Kier molecular flexibility index (Phi) is 6.01. The highest BCUT2D eigenvalue weighted by molar-refractivity contribution is 6.36. The summed E-state index contributed by atoms with van der Waals surface area (Å²) in [6, 6.07) is 4.08. The summed E-state index contributed by atoms with van der Waals surface area (Å²) in [6.45, 7) is 0.606. The van der Waals surface area contributed by atoms with E-state index < -0.39 is 18.0 Å². The maximum atomic E-state index is 12.6. The molecule has 1 saturated carbocycles. The van der Waals surface area contributed by atoms with Crippen molar-refractivity contribution in [3.8, 4) is 0 Å². The largest absolute Gasteiger partial charge is 0.335 e. The van der Waals surface area contributed by atoms with Crippen LogP contribution in [0.5, 0.6) is 0 Å². The van der Waals surface area contributed by atoms with E-state index in [0.717, 1.165) is 19.3 Å². The predicted molar refractivity (Wildman–Crippen MR) is 99.4 cm³/mol. The fourth-order valence-electron chi connectivity index (χ4n) is 2.92. The zero-order chi connectivity index (χ0) is 18.7. The number of hydrogen-bond donors (Lipinski definition) is 3. The minimum absolute atomic E-state index is 0.00940. The lowest BCUT2D eigenvalue weighted by atomic mass is 10.2. The maximum absolute atomic E-state index is 12.6. The van der Waals surface area contributed by atoms with Gasteiger partial charge in [-0.15, -0.1) is 0 Å². The lowest BCUT2D eigenvalue weighted by Crippen LogP contribution is -2.48. The molecular weight excluding hydrogens is 379 g/mol. The normalized spacial score (nSPS) is 19.8. The van der Waals surface area contributed by atoms with Crippen LogP contribution in [0.25, 0.3) is 0 Å². The van der Waals surface area contributed by atoms with Gasteiger partial charge >= 0.3 is 6.03 Å². The van der Waals surface area contributed by atoms with Crippen LogP contribution in [-0.2, 0) is 9.59 Å². The molecule has 26 heavy (non-hydrogen) atoms. The molecule has 3 N–H and O–H groups in total. The van der Waals surface area contributed by atoms with Gasteiger partial charge in [0.1, 0.15) is 0 Å². The van der Waals surface area contributed by atoms with E-state index >= 15 is 0 Å². The summed E-state index contributed by atoms with van der Waals surface area (Å²) in [4.78, 5) is 38.0. The average Bonchev–Trinajstić information content (AvgIpc) is 3.25. The molecule has 1 aliphatic heterocycles. The third kappa shape index (κ3) is 5.09. The molecule has 7 nitrogen and oxygen atoms in total. The third-order valence-corrected chi connectivity index (χ3v) is 4.92. The third-order valence-electron chi connectivity index (χ3n) is 4.37. The van der Waals surface area contributed by atoms with Crippen LogP contribution in [0.4, 0.5) is 10.5 Å². The molecule has 9 heteroatoms. The Hall–Kier alpha value is -1.83. The molecule has 1 saturated heterocycles. The molecule has 4 amide bonds. The zero-order valence-electron chi connectivity index (χ0n) is 14.1. The van der Waals surface area contributed by atoms with E-state index in [-0.39, 0.29) is 18.5 Å². The number of carbonyl (C=O) groups is 3. The van der Waals surface area contributed by atoms with Gasteiger partial charge in [-0.2, -0.15) is 0 Å². The first-order chi connectivity index (χ1) is 12.4. The number of halogens is 2. The molecule has 1 aromatic carbocycles. The average molecular weight is 399 g/mol. The maximum Gasteiger partial charge on any atom is 0.321 e. The molecule has 140 valence electrons. The van der Waals surface area contributed by atoms with E-state index in [2.05, 4.69) is 16.0 Å². The van der Waals surface area contributed by atoms with Gasteiger partial charge in [-0.25, -0.2) is 4.79 Å². The van der Waals surface area contributed by atoms with Crippen molar-refractivity contribution in [3.05, 3.63) is 28.2 Å². The fourth-order valence-corrected chi connectivity index (χ4v) is 3.37. The molecule has 0 aromatic heterocycles. The van der Waals surface area contributed by atoms with Crippen molar-refractivity contribution in [2.45, 2.75) is 37.8 Å². The molecule has 3 rings (SSSR count). The second-order valence-electron chi connectivity index (χ2n) is 6.54. The summed E-state index contributed by atoms with van der Waals surface area (Å²) in [5.74, 6) is -0.658. The summed E-state index contributed by atoms with van der Waals surface area (Å²) in [6.07, 6.45) is 3.33. The number of nitrogens with zero attached hydrogens (tertiary/aromatic N) is 1. The molecule has 0 radical (unpaired) electrons. The second-order valence-corrected chi connectivity index (χ2v) is 7.38. The highest BCUT2D eigenvalue weighted by Gasteiger charge is 2.32. The summed E-state index contributed by atoms with van der Waals surface area (Å²) in [7, 11) is 0. The Balaban J connectivity index is 1.53. The Bertz CT molecular complexity index is 724. The highest BCUT2D eigenvalue weighted by atomic mass is 35.5. The van der Waals surface area contributed by atoms with E-state index in [1.165, 1.54) is 0 Å². The van der Waals surface area contributed by atoms with Crippen molar-refractivity contribution in [2.75, 3.05) is 18.4 Å². The molecule has 2 aliphatic rings. The van der Waals surface area contributed by atoms with Crippen LogP contribution >= 0.6 is 23.2 Å². The van der Waals surface area contributed by atoms with Crippen molar-refractivity contribution in [1.29, 1.82) is 0 Å². The molecular formula is C17H20Cl2N4O3. The summed E-state index contributed by atoms with van der Waals surface area (Å²) in [5, 5.41) is 8.61. The van der Waals surface area contributed by atoms with Crippen LogP contribution in [0, 0.1) is 0 Å². The number of likely N-dealkylation sites (tertiary alicyclic amines) is 1. The molecule has 0 spiro atoms. The summed E-state index contributed by atoms with van der Waals surface area (Å²) in [5.41, 5.74) is 0.473. The smallest absolute Gasteiger partial charge is 0.321 e. The van der Waals surface area contributed by atoms with Gasteiger partial charge in [0.2, 0.25) is 11.8 Å².